The lowest BCUT2D eigenvalue weighted by Crippen LogP contribution is -2.40. The maximum Gasteiger partial charge on any atom is 0.0143 e. The van der Waals surface area contributed by atoms with E-state index in [2.05, 4.69) is 194 Å². The average molecular weight is 663 g/mol. The van der Waals surface area contributed by atoms with Gasteiger partial charge >= 0.3 is 0 Å². The summed E-state index contributed by atoms with van der Waals surface area (Å²) in [6.07, 6.45) is 16.4. The summed E-state index contributed by atoms with van der Waals surface area (Å²) in [6, 6.07) is 58.3. The topological polar surface area (TPSA) is 0 Å². The van der Waals surface area contributed by atoms with Crippen molar-refractivity contribution in [2.75, 3.05) is 0 Å². The maximum atomic E-state index is 2.56. The van der Waals surface area contributed by atoms with Crippen LogP contribution in [0.2, 0.25) is 0 Å². The van der Waals surface area contributed by atoms with Crippen molar-refractivity contribution in [3.05, 3.63) is 227 Å². The van der Waals surface area contributed by atoms with Crippen LogP contribution in [0.5, 0.6) is 0 Å². The summed E-state index contributed by atoms with van der Waals surface area (Å²) in [5.74, 6) is 0.404. The summed E-state index contributed by atoms with van der Waals surface area (Å²) in [4.78, 5) is 0. The smallest absolute Gasteiger partial charge is 0.0143 e. The molecule has 0 heteroatoms. The third-order valence-electron chi connectivity index (χ3n) is 11.3. The van der Waals surface area contributed by atoms with Gasteiger partial charge in [0.2, 0.25) is 0 Å². The van der Waals surface area contributed by atoms with Crippen LogP contribution in [0.1, 0.15) is 35.1 Å². The molecule has 2 atom stereocenters. The quantitative estimate of drug-likeness (QED) is 0.161. The van der Waals surface area contributed by atoms with E-state index in [4.69, 9.17) is 0 Å². The highest BCUT2D eigenvalue weighted by Gasteiger charge is 2.33. The highest BCUT2D eigenvalue weighted by molar-refractivity contribution is 6.19. The van der Waals surface area contributed by atoms with Gasteiger partial charge < -0.3 is 0 Å². The molecule has 0 heterocycles. The molecule has 7 aromatic rings. The van der Waals surface area contributed by atoms with E-state index in [0.29, 0.717) is 0 Å². The van der Waals surface area contributed by atoms with E-state index in [0.717, 1.165) is 12.8 Å². The Morgan fingerprint density at radius 2 is 1.00 bits per heavy atom. The first-order valence-corrected chi connectivity index (χ1v) is 18.6. The van der Waals surface area contributed by atoms with Crippen LogP contribution in [0.4, 0.5) is 0 Å². The van der Waals surface area contributed by atoms with Crippen LogP contribution in [0.15, 0.2) is 194 Å². The van der Waals surface area contributed by atoms with Crippen LogP contribution in [0, 0.1) is 11.8 Å². The molecule has 0 bridgehead atoms. The van der Waals surface area contributed by atoms with Crippen LogP contribution >= 0.6 is 0 Å². The molecule has 0 amide bonds. The normalized spacial score (nSPS) is 17.8. The number of fused-ring (bicyclic) bond motifs is 4. The van der Waals surface area contributed by atoms with Gasteiger partial charge in [-0.2, -0.15) is 0 Å². The highest BCUT2D eigenvalue weighted by Crippen LogP contribution is 2.46. The minimum absolute atomic E-state index is 0.183. The number of allylic oxidation sites excluding steroid dienone is 8. The molecule has 0 saturated heterocycles. The van der Waals surface area contributed by atoms with Gasteiger partial charge in [0.1, 0.15) is 0 Å². The van der Waals surface area contributed by atoms with Gasteiger partial charge in [-0.15, -0.1) is 0 Å². The molecular formula is C52H38. The van der Waals surface area contributed by atoms with Gasteiger partial charge in [0.05, 0.1) is 0 Å². The predicted molar refractivity (Wildman–Crippen MR) is 221 cm³/mol. The Labute approximate surface area is 305 Å². The molecule has 0 radical (unpaired) electrons. The Balaban J connectivity index is 1.23. The van der Waals surface area contributed by atoms with Crippen molar-refractivity contribution < 1.29 is 0 Å². The number of hydrogen-bond donors (Lipinski definition) is 0. The molecule has 10 rings (SSSR count). The largest absolute Gasteiger partial charge is 0.0842 e. The fraction of sp³-hybridized carbons (Fsp3) is 0.0769. The van der Waals surface area contributed by atoms with Gasteiger partial charge in [-0.1, -0.05) is 188 Å². The number of benzene rings is 7. The molecule has 0 spiro atoms. The first-order valence-electron chi connectivity index (χ1n) is 18.6. The van der Waals surface area contributed by atoms with Gasteiger partial charge in [-0.25, -0.2) is 0 Å². The molecule has 0 aromatic heterocycles. The van der Waals surface area contributed by atoms with Gasteiger partial charge in [0.15, 0.2) is 0 Å². The molecule has 0 N–H and O–H groups in total. The van der Waals surface area contributed by atoms with E-state index in [1.54, 1.807) is 0 Å². The van der Waals surface area contributed by atoms with Gasteiger partial charge in [0.25, 0.3) is 0 Å². The fourth-order valence-electron chi connectivity index (χ4n) is 9.08. The van der Waals surface area contributed by atoms with Crippen molar-refractivity contribution in [2.24, 2.45) is 11.8 Å². The van der Waals surface area contributed by atoms with Crippen LogP contribution < -0.4 is 10.4 Å². The first-order chi connectivity index (χ1) is 25.8. The summed E-state index contributed by atoms with van der Waals surface area (Å²) in [7, 11) is 0. The van der Waals surface area contributed by atoms with E-state index in [1.807, 2.05) is 0 Å². The summed E-state index contributed by atoms with van der Waals surface area (Å²) >= 11 is 0. The molecular weight excluding hydrogens is 625 g/mol. The van der Waals surface area contributed by atoms with Gasteiger partial charge in [0, 0.05) is 11.8 Å². The second-order valence-corrected chi connectivity index (χ2v) is 14.2. The zero-order valence-electron chi connectivity index (χ0n) is 29.0. The average Bonchev–Trinajstić information content (AvgIpc) is 3.22. The first kappa shape index (κ1) is 30.6. The molecule has 0 saturated carbocycles. The highest BCUT2D eigenvalue weighted by atomic mass is 14.4. The monoisotopic (exact) mass is 662 g/mol. The summed E-state index contributed by atoms with van der Waals surface area (Å²) in [5.41, 5.74) is 13.3. The molecule has 7 aromatic carbocycles. The fourth-order valence-corrected chi connectivity index (χ4v) is 9.08. The second kappa shape index (κ2) is 12.8. The molecule has 0 fully saturated rings. The summed E-state index contributed by atoms with van der Waals surface area (Å²) < 4.78 is 0. The predicted octanol–water partition coefficient (Wildman–Crippen LogP) is 11.7. The minimum Gasteiger partial charge on any atom is -0.0842 e. The standard InChI is InChI=1S/C52H38/c1-5-17-35(18-6-1)49-41-25-13-15-27-43(41)51(37-21-9-3-10-22-37)47-33-39(29-31-45(47)49)40-30-32-46-48(34-40)52(38-23-11-4-12-24-38)44-28-16-14-26-42(44)50(46)36-19-7-2-8-20-36/h1-7,9-19,21-34,45,47H,8,20H2. The van der Waals surface area contributed by atoms with Gasteiger partial charge in [-0.05, 0) is 107 Å². The summed E-state index contributed by atoms with van der Waals surface area (Å²) in [5, 5.41) is 7.93. The van der Waals surface area contributed by atoms with Crippen LogP contribution in [-0.2, 0) is 0 Å². The lowest BCUT2D eigenvalue weighted by atomic mass is 9.68. The molecule has 52 heavy (non-hydrogen) atoms. The zero-order chi connectivity index (χ0) is 34.4. The van der Waals surface area contributed by atoms with Gasteiger partial charge in [-0.3, -0.25) is 0 Å². The van der Waals surface area contributed by atoms with Crippen molar-refractivity contribution in [2.45, 2.75) is 12.8 Å². The van der Waals surface area contributed by atoms with E-state index < -0.39 is 0 Å². The van der Waals surface area contributed by atoms with Crippen molar-refractivity contribution in [3.8, 4) is 11.1 Å². The summed E-state index contributed by atoms with van der Waals surface area (Å²) in [6.45, 7) is 0. The molecule has 3 aliphatic carbocycles. The molecule has 246 valence electrons. The van der Waals surface area contributed by atoms with Crippen molar-refractivity contribution in [1.82, 2.24) is 0 Å². The van der Waals surface area contributed by atoms with E-state index in [-0.39, 0.29) is 11.8 Å². The number of hydrogen-bond acceptors (Lipinski definition) is 0. The number of rotatable bonds is 5. The van der Waals surface area contributed by atoms with Crippen molar-refractivity contribution in [1.29, 1.82) is 0 Å². The Hall–Kier alpha value is -6.24. The Kier molecular flexibility index (Phi) is 7.54. The second-order valence-electron chi connectivity index (χ2n) is 14.2. The molecule has 0 aliphatic heterocycles. The Morgan fingerprint density at radius 1 is 0.442 bits per heavy atom. The lowest BCUT2D eigenvalue weighted by Gasteiger charge is -2.34. The van der Waals surface area contributed by atoms with E-state index in [9.17, 15) is 0 Å². The van der Waals surface area contributed by atoms with Crippen LogP contribution in [0.25, 0.3) is 55.0 Å². The maximum absolute atomic E-state index is 2.56. The van der Waals surface area contributed by atoms with Crippen LogP contribution in [-0.4, -0.2) is 0 Å². The SMILES string of the molecule is C1=CCCC(c2c3ccccc3c(-c3ccccc3)c3cc(C4=CC5C(c6ccccc6)=c6ccccc6=C(c6ccccc6)C5C=C4)ccc23)=C1. The minimum atomic E-state index is 0.183. The third-order valence-corrected chi connectivity index (χ3v) is 11.3. The lowest BCUT2D eigenvalue weighted by molar-refractivity contribution is 0.689. The Morgan fingerprint density at radius 3 is 1.63 bits per heavy atom. The Bertz CT molecular complexity index is 2760. The van der Waals surface area contributed by atoms with E-state index >= 15 is 0 Å². The third kappa shape index (κ3) is 5.06. The molecule has 2 unspecified atom stereocenters. The van der Waals surface area contributed by atoms with Crippen LogP contribution in [0.3, 0.4) is 0 Å². The molecule has 0 nitrogen and oxygen atoms in total. The molecule has 3 aliphatic rings. The zero-order valence-corrected chi connectivity index (χ0v) is 29.0. The van der Waals surface area contributed by atoms with Crippen molar-refractivity contribution >= 4 is 43.8 Å². The van der Waals surface area contributed by atoms with E-state index in [1.165, 1.54) is 87.7 Å². The van der Waals surface area contributed by atoms with Crippen molar-refractivity contribution in [3.63, 3.8) is 0 Å².